The molecular formula is C23H28N2O4. The lowest BCUT2D eigenvalue weighted by atomic mass is 10.1. The third kappa shape index (κ3) is 5.81. The minimum absolute atomic E-state index is 0.0367. The largest absolute Gasteiger partial charge is 0.493 e. The molecule has 3 rings (SSSR count). The summed E-state index contributed by atoms with van der Waals surface area (Å²) in [4.78, 5) is 28.2. The van der Waals surface area contributed by atoms with Gasteiger partial charge in [0.15, 0.2) is 23.9 Å². The monoisotopic (exact) mass is 396 g/mol. The maximum atomic E-state index is 12.5. The smallest absolute Gasteiger partial charge is 0.260 e. The van der Waals surface area contributed by atoms with Crippen LogP contribution < -0.4 is 9.47 Å². The summed E-state index contributed by atoms with van der Waals surface area (Å²) < 4.78 is 11.0. The number of hydrogen-bond donors (Lipinski definition) is 0. The first-order valence-corrected chi connectivity index (χ1v) is 9.92. The maximum Gasteiger partial charge on any atom is 0.260 e. The van der Waals surface area contributed by atoms with Crippen LogP contribution in [0, 0.1) is 0 Å². The van der Waals surface area contributed by atoms with E-state index >= 15 is 0 Å². The number of amides is 1. The van der Waals surface area contributed by atoms with E-state index in [1.54, 1.807) is 18.2 Å². The molecule has 0 aromatic heterocycles. The number of ketones is 1. The predicted octanol–water partition coefficient (Wildman–Crippen LogP) is 2.66. The van der Waals surface area contributed by atoms with Gasteiger partial charge in [0.1, 0.15) is 0 Å². The molecule has 1 aliphatic heterocycles. The summed E-state index contributed by atoms with van der Waals surface area (Å²) in [5.41, 5.74) is 1.89. The second kappa shape index (κ2) is 10.1. The van der Waals surface area contributed by atoms with E-state index in [4.69, 9.17) is 9.47 Å². The lowest BCUT2D eigenvalue weighted by Gasteiger charge is -2.34. The number of rotatable bonds is 8. The molecule has 0 radical (unpaired) electrons. The Labute approximate surface area is 172 Å². The molecule has 1 fully saturated rings. The van der Waals surface area contributed by atoms with Gasteiger partial charge in [0, 0.05) is 38.3 Å². The molecule has 154 valence electrons. The first kappa shape index (κ1) is 20.9. The number of carbonyl (C=O) groups excluding carboxylic acids is 2. The van der Waals surface area contributed by atoms with E-state index in [1.807, 2.05) is 11.0 Å². The summed E-state index contributed by atoms with van der Waals surface area (Å²) >= 11 is 0. The fourth-order valence-electron chi connectivity index (χ4n) is 3.39. The van der Waals surface area contributed by atoms with E-state index in [2.05, 4.69) is 29.2 Å². The molecule has 0 bridgehead atoms. The first-order chi connectivity index (χ1) is 14.1. The topological polar surface area (TPSA) is 59.1 Å². The van der Waals surface area contributed by atoms with Crippen molar-refractivity contribution in [3.05, 3.63) is 59.7 Å². The number of methoxy groups -OCH3 is 1. The average Bonchev–Trinajstić information content (AvgIpc) is 2.76. The van der Waals surface area contributed by atoms with E-state index in [1.165, 1.54) is 19.6 Å². The minimum atomic E-state index is -0.0453. The number of benzene rings is 2. The van der Waals surface area contributed by atoms with Gasteiger partial charge in [-0.1, -0.05) is 30.3 Å². The van der Waals surface area contributed by atoms with Gasteiger partial charge in [0.25, 0.3) is 5.91 Å². The van der Waals surface area contributed by atoms with Gasteiger partial charge in [-0.05, 0) is 37.1 Å². The van der Waals surface area contributed by atoms with E-state index in [9.17, 15) is 9.59 Å². The standard InChI is InChI=1S/C23H28N2O4/c1-18(26)20-8-9-21(22(16-20)28-2)29-17-23(27)25-14-12-24(13-15-25)11-10-19-6-4-3-5-7-19/h3-9,16H,10-15,17H2,1-2H3. The Balaban J connectivity index is 1.44. The van der Waals surface area contributed by atoms with Gasteiger partial charge in [0.05, 0.1) is 7.11 Å². The van der Waals surface area contributed by atoms with Gasteiger partial charge in [-0.3, -0.25) is 14.5 Å². The van der Waals surface area contributed by atoms with Gasteiger partial charge in [0.2, 0.25) is 0 Å². The summed E-state index contributed by atoms with van der Waals surface area (Å²) in [5.74, 6) is 0.838. The summed E-state index contributed by atoms with van der Waals surface area (Å²) in [7, 11) is 1.52. The Morgan fingerprint density at radius 2 is 1.69 bits per heavy atom. The molecule has 6 heteroatoms. The Morgan fingerprint density at radius 3 is 2.34 bits per heavy atom. The summed E-state index contributed by atoms with van der Waals surface area (Å²) in [5, 5.41) is 0. The van der Waals surface area contributed by atoms with Crippen LogP contribution in [0.1, 0.15) is 22.8 Å². The lowest BCUT2D eigenvalue weighted by Crippen LogP contribution is -2.50. The van der Waals surface area contributed by atoms with Gasteiger partial charge in [-0.2, -0.15) is 0 Å². The van der Waals surface area contributed by atoms with Crippen molar-refractivity contribution in [2.24, 2.45) is 0 Å². The highest BCUT2D eigenvalue weighted by Crippen LogP contribution is 2.28. The highest BCUT2D eigenvalue weighted by molar-refractivity contribution is 5.94. The molecule has 6 nitrogen and oxygen atoms in total. The molecule has 2 aromatic carbocycles. The Bertz CT molecular complexity index is 830. The van der Waals surface area contributed by atoms with Gasteiger partial charge >= 0.3 is 0 Å². The number of nitrogens with zero attached hydrogens (tertiary/aromatic N) is 2. The Kier molecular flexibility index (Phi) is 7.25. The maximum absolute atomic E-state index is 12.5. The molecule has 29 heavy (non-hydrogen) atoms. The van der Waals surface area contributed by atoms with Crippen LogP contribution in [0.4, 0.5) is 0 Å². The molecule has 1 aliphatic rings. The molecule has 2 aromatic rings. The van der Waals surface area contributed by atoms with Crippen LogP contribution in [0.2, 0.25) is 0 Å². The molecule has 0 atom stereocenters. The van der Waals surface area contributed by atoms with Crippen molar-refractivity contribution in [3.8, 4) is 11.5 Å². The minimum Gasteiger partial charge on any atom is -0.493 e. The lowest BCUT2D eigenvalue weighted by molar-refractivity contribution is -0.135. The Morgan fingerprint density at radius 1 is 0.966 bits per heavy atom. The second-order valence-corrected chi connectivity index (χ2v) is 7.17. The van der Waals surface area contributed by atoms with Crippen LogP contribution in [0.25, 0.3) is 0 Å². The van der Waals surface area contributed by atoms with Crippen LogP contribution in [0.5, 0.6) is 11.5 Å². The number of ether oxygens (including phenoxy) is 2. The van der Waals surface area contributed by atoms with Crippen molar-refractivity contribution >= 4 is 11.7 Å². The molecule has 0 saturated carbocycles. The van der Waals surface area contributed by atoms with Gasteiger partial charge in [-0.25, -0.2) is 0 Å². The van der Waals surface area contributed by atoms with E-state index in [0.717, 1.165) is 26.1 Å². The van der Waals surface area contributed by atoms with Crippen LogP contribution in [-0.2, 0) is 11.2 Å². The quantitative estimate of drug-likeness (QED) is 0.642. The van der Waals surface area contributed by atoms with Crippen LogP contribution in [0.3, 0.4) is 0 Å². The zero-order valence-electron chi connectivity index (χ0n) is 17.1. The molecule has 0 spiro atoms. The Hall–Kier alpha value is -2.86. The molecule has 0 unspecified atom stereocenters. The van der Waals surface area contributed by atoms with Crippen LogP contribution in [0.15, 0.2) is 48.5 Å². The summed E-state index contributed by atoms with van der Waals surface area (Å²) in [6, 6.07) is 15.4. The zero-order chi connectivity index (χ0) is 20.6. The molecular weight excluding hydrogens is 368 g/mol. The van der Waals surface area contributed by atoms with E-state index in [-0.39, 0.29) is 18.3 Å². The van der Waals surface area contributed by atoms with Crippen molar-refractivity contribution < 1.29 is 19.1 Å². The average molecular weight is 396 g/mol. The predicted molar refractivity (Wildman–Crippen MR) is 112 cm³/mol. The fraction of sp³-hybridized carbons (Fsp3) is 0.391. The number of carbonyl (C=O) groups is 2. The van der Waals surface area contributed by atoms with Crippen molar-refractivity contribution in [3.63, 3.8) is 0 Å². The second-order valence-electron chi connectivity index (χ2n) is 7.17. The van der Waals surface area contributed by atoms with Crippen LogP contribution in [-0.4, -0.2) is 67.9 Å². The zero-order valence-corrected chi connectivity index (χ0v) is 17.1. The molecule has 0 N–H and O–H groups in total. The SMILES string of the molecule is COc1cc(C(C)=O)ccc1OCC(=O)N1CCN(CCc2ccccc2)CC1. The molecule has 1 amide bonds. The number of Topliss-reactive ketones (excluding diaryl/α,β-unsaturated/α-hetero) is 1. The molecule has 1 heterocycles. The summed E-state index contributed by atoms with van der Waals surface area (Å²) in [6.45, 7) is 5.61. The van der Waals surface area contributed by atoms with Crippen molar-refractivity contribution in [1.29, 1.82) is 0 Å². The van der Waals surface area contributed by atoms with Crippen molar-refractivity contribution in [1.82, 2.24) is 9.80 Å². The molecule has 0 aliphatic carbocycles. The third-order valence-corrected chi connectivity index (χ3v) is 5.21. The van der Waals surface area contributed by atoms with Crippen LogP contribution >= 0.6 is 0 Å². The summed E-state index contributed by atoms with van der Waals surface area (Å²) in [6.07, 6.45) is 1.02. The number of piperazine rings is 1. The van der Waals surface area contributed by atoms with Gasteiger partial charge < -0.3 is 14.4 Å². The van der Waals surface area contributed by atoms with Crippen molar-refractivity contribution in [2.75, 3.05) is 46.4 Å². The van der Waals surface area contributed by atoms with Crippen molar-refractivity contribution in [2.45, 2.75) is 13.3 Å². The van der Waals surface area contributed by atoms with E-state index < -0.39 is 0 Å². The number of hydrogen-bond acceptors (Lipinski definition) is 5. The fourth-order valence-corrected chi connectivity index (χ4v) is 3.39. The highest BCUT2D eigenvalue weighted by Gasteiger charge is 2.21. The first-order valence-electron chi connectivity index (χ1n) is 9.92. The van der Waals surface area contributed by atoms with Gasteiger partial charge in [-0.15, -0.1) is 0 Å². The van der Waals surface area contributed by atoms with E-state index in [0.29, 0.717) is 30.2 Å². The highest BCUT2D eigenvalue weighted by atomic mass is 16.5. The third-order valence-electron chi connectivity index (χ3n) is 5.21. The molecule has 1 saturated heterocycles. The normalized spacial score (nSPS) is 14.5.